The monoisotopic (exact) mass is 453 g/mol. The highest BCUT2D eigenvalue weighted by Crippen LogP contribution is 2.48. The fourth-order valence-electron chi connectivity index (χ4n) is 2.81. The number of ether oxygens (including phenoxy) is 1. The Kier molecular flexibility index (Phi) is 6.42. The average molecular weight is 453 g/mol. The van der Waals surface area contributed by atoms with E-state index < -0.39 is 30.9 Å². The maximum Gasteiger partial charge on any atom is 0.368 e. The Morgan fingerprint density at radius 1 is 1.06 bits per heavy atom. The second kappa shape index (κ2) is 8.86. The molecule has 12 heteroatoms. The first-order valence-electron chi connectivity index (χ1n) is 8.95. The molecule has 1 heterocycles. The van der Waals surface area contributed by atoms with Crippen LogP contribution in [0.5, 0.6) is 28.7 Å². The highest BCUT2D eigenvalue weighted by molar-refractivity contribution is 7.53. The van der Waals surface area contributed by atoms with E-state index in [4.69, 9.17) is 23.9 Å². The van der Waals surface area contributed by atoms with Crippen LogP contribution in [0, 0.1) is 0 Å². The quantitative estimate of drug-likeness (QED) is 0.250. The smallest absolute Gasteiger partial charge is 0.368 e. The van der Waals surface area contributed by atoms with Crippen molar-refractivity contribution in [1.82, 2.24) is 0 Å². The minimum atomic E-state index is -3.69. The Morgan fingerprint density at radius 2 is 1.81 bits per heavy atom. The van der Waals surface area contributed by atoms with Crippen LogP contribution in [0.15, 0.2) is 39.5 Å². The Labute approximate surface area is 175 Å². The minimum Gasteiger partial charge on any atom is -0.508 e. The van der Waals surface area contributed by atoms with Crippen LogP contribution in [-0.4, -0.2) is 40.1 Å². The van der Waals surface area contributed by atoms with Crippen molar-refractivity contribution in [2.75, 3.05) is 19.7 Å². The van der Waals surface area contributed by atoms with Gasteiger partial charge in [-0.25, -0.2) is 0 Å². The number of rotatable bonds is 8. The van der Waals surface area contributed by atoms with Gasteiger partial charge >= 0.3 is 7.60 Å². The van der Waals surface area contributed by atoms with E-state index in [1.165, 1.54) is 18.2 Å². The van der Waals surface area contributed by atoms with Crippen LogP contribution >= 0.6 is 7.60 Å². The molecule has 3 rings (SSSR count). The lowest BCUT2D eigenvalue weighted by molar-refractivity contribution is 0.192. The zero-order valence-corrected chi connectivity index (χ0v) is 17.2. The molecule has 31 heavy (non-hydrogen) atoms. The molecule has 0 amide bonds. The predicted molar refractivity (Wildman–Crippen MR) is 109 cm³/mol. The summed E-state index contributed by atoms with van der Waals surface area (Å²) in [4.78, 5) is 12.5. The number of hydrogen-bond donors (Lipinski definition) is 5. The largest absolute Gasteiger partial charge is 0.508 e. The molecule has 1 atom stereocenters. The fraction of sp³-hybridized carbons (Fsp3) is 0.211. The second-order valence-corrected chi connectivity index (χ2v) is 8.22. The molecule has 2 aromatic carbocycles. The molecule has 1 unspecified atom stereocenters. The Bertz CT molecular complexity index is 1210. The Morgan fingerprint density at radius 3 is 2.48 bits per heavy atom. The van der Waals surface area contributed by atoms with Crippen molar-refractivity contribution < 1.29 is 43.2 Å². The number of hydrogen-bond acceptors (Lipinski definition) is 11. The molecule has 0 aliphatic carbocycles. The van der Waals surface area contributed by atoms with E-state index in [9.17, 15) is 29.8 Å². The molecule has 0 aliphatic rings. The maximum absolute atomic E-state index is 12.5. The van der Waals surface area contributed by atoms with Gasteiger partial charge in [-0.05, 0) is 25.1 Å². The van der Waals surface area contributed by atoms with Crippen molar-refractivity contribution in [1.29, 1.82) is 0 Å². The van der Waals surface area contributed by atoms with Crippen molar-refractivity contribution >= 4 is 18.6 Å². The predicted octanol–water partition coefficient (Wildman–Crippen LogP) is 2.78. The Balaban J connectivity index is 2.03. The molecule has 166 valence electrons. The molecule has 0 radical (unpaired) electrons. The van der Waals surface area contributed by atoms with Gasteiger partial charge < -0.3 is 39.8 Å². The highest BCUT2D eigenvalue weighted by atomic mass is 31.2. The molecule has 11 nitrogen and oxygen atoms in total. The lowest BCUT2D eigenvalue weighted by atomic mass is 10.1. The topological polar surface area (TPSA) is 182 Å². The molecule has 0 saturated carbocycles. The van der Waals surface area contributed by atoms with Crippen LogP contribution in [0.2, 0.25) is 0 Å². The highest BCUT2D eigenvalue weighted by Gasteiger charge is 2.26. The average Bonchev–Trinajstić information content (AvgIpc) is 2.70. The summed E-state index contributed by atoms with van der Waals surface area (Å²) in [5, 5.41) is 39.6. The normalized spacial score (nSPS) is 13.2. The van der Waals surface area contributed by atoms with Crippen LogP contribution in [0.1, 0.15) is 6.92 Å². The molecule has 6 N–H and O–H groups in total. The van der Waals surface area contributed by atoms with Gasteiger partial charge in [0.15, 0.2) is 23.6 Å². The summed E-state index contributed by atoms with van der Waals surface area (Å²) in [5.74, 6) is -2.54. The van der Waals surface area contributed by atoms with Crippen molar-refractivity contribution in [2.24, 2.45) is 5.73 Å². The van der Waals surface area contributed by atoms with Crippen LogP contribution in [0.3, 0.4) is 0 Å². The number of benzene rings is 2. The first-order valence-corrected chi connectivity index (χ1v) is 10.7. The maximum atomic E-state index is 12.5. The molecular weight excluding hydrogens is 433 g/mol. The van der Waals surface area contributed by atoms with Crippen molar-refractivity contribution in [3.8, 4) is 40.1 Å². The lowest BCUT2D eigenvalue weighted by Gasteiger charge is -2.18. The Hall–Kier alpha value is -3.24. The van der Waals surface area contributed by atoms with E-state index in [0.29, 0.717) is 0 Å². The van der Waals surface area contributed by atoms with Crippen molar-refractivity contribution in [3.05, 3.63) is 40.6 Å². The molecule has 0 spiro atoms. The van der Waals surface area contributed by atoms with Gasteiger partial charge in [0.1, 0.15) is 29.2 Å². The van der Waals surface area contributed by atoms with Gasteiger partial charge in [0.05, 0.1) is 6.61 Å². The summed E-state index contributed by atoms with van der Waals surface area (Å²) in [6, 6.07) is 5.78. The summed E-state index contributed by atoms with van der Waals surface area (Å²) < 4.78 is 33.3. The van der Waals surface area contributed by atoms with Gasteiger partial charge in [0.2, 0.25) is 11.2 Å². The first kappa shape index (κ1) is 22.4. The molecular formula is C19H20NO10P. The number of phenols is 3. The summed E-state index contributed by atoms with van der Waals surface area (Å²) in [7, 11) is -3.69. The SMILES string of the molecule is CCOP(=O)(COc1cc(-c2oc3cc(O)cc(O)c3c(=O)c2O)ccc1O)OCN. The third-order valence-corrected chi connectivity index (χ3v) is 5.77. The molecule has 0 fully saturated rings. The second-order valence-electron chi connectivity index (χ2n) is 6.23. The number of aromatic hydroxyl groups is 4. The molecule has 3 aromatic rings. The molecule has 1 aromatic heterocycles. The van der Waals surface area contributed by atoms with Crippen LogP contribution in [0.25, 0.3) is 22.3 Å². The number of fused-ring (bicyclic) bond motifs is 1. The van der Waals surface area contributed by atoms with E-state index in [1.54, 1.807) is 6.92 Å². The fourth-order valence-corrected chi connectivity index (χ4v) is 3.95. The van der Waals surface area contributed by atoms with Gasteiger partial charge in [-0.3, -0.25) is 13.9 Å². The summed E-state index contributed by atoms with van der Waals surface area (Å²) >= 11 is 0. The zero-order valence-electron chi connectivity index (χ0n) is 16.3. The van der Waals surface area contributed by atoms with Gasteiger partial charge in [0.25, 0.3) is 0 Å². The van der Waals surface area contributed by atoms with Crippen LogP contribution in [-0.2, 0) is 13.6 Å². The van der Waals surface area contributed by atoms with E-state index in [-0.39, 0.29) is 52.9 Å². The van der Waals surface area contributed by atoms with E-state index in [1.807, 2.05) is 0 Å². The van der Waals surface area contributed by atoms with E-state index >= 15 is 0 Å². The zero-order chi connectivity index (χ0) is 22.8. The third-order valence-electron chi connectivity index (χ3n) is 4.13. The minimum absolute atomic E-state index is 0.0719. The van der Waals surface area contributed by atoms with E-state index in [0.717, 1.165) is 12.1 Å². The standard InChI is InChI=1S/C19H20NO10P/c1-2-28-31(26,29-8-20)9-27-14-5-10(3-4-12(14)22)19-18(25)17(24)16-13(23)6-11(21)7-15(16)30-19/h3-7,21-23,25H,2,8-9,20H2,1H3. The van der Waals surface area contributed by atoms with E-state index in [2.05, 4.69) is 0 Å². The summed E-state index contributed by atoms with van der Waals surface area (Å²) in [6.45, 7) is 1.30. The number of nitrogens with two attached hydrogens (primary N) is 1. The lowest BCUT2D eigenvalue weighted by Crippen LogP contribution is -2.10. The van der Waals surface area contributed by atoms with Crippen LogP contribution in [0.4, 0.5) is 0 Å². The first-order chi connectivity index (χ1) is 14.7. The third kappa shape index (κ3) is 4.59. The van der Waals surface area contributed by atoms with Crippen molar-refractivity contribution in [2.45, 2.75) is 6.92 Å². The summed E-state index contributed by atoms with van der Waals surface area (Å²) in [6.07, 6.45) is -0.565. The summed E-state index contributed by atoms with van der Waals surface area (Å²) in [5.41, 5.74) is 4.26. The van der Waals surface area contributed by atoms with Crippen LogP contribution < -0.4 is 15.9 Å². The van der Waals surface area contributed by atoms with Gasteiger partial charge in [0, 0.05) is 17.7 Å². The van der Waals surface area contributed by atoms with Gasteiger partial charge in [-0.1, -0.05) is 0 Å². The molecule has 0 aliphatic heterocycles. The van der Waals surface area contributed by atoms with Crippen molar-refractivity contribution in [3.63, 3.8) is 0 Å². The molecule has 0 bridgehead atoms. The van der Waals surface area contributed by atoms with Gasteiger partial charge in [-0.15, -0.1) is 0 Å². The molecule has 0 saturated heterocycles. The van der Waals surface area contributed by atoms with Gasteiger partial charge in [-0.2, -0.15) is 0 Å². The number of phenolic OH excluding ortho intramolecular Hbond substituents is 3.